The lowest BCUT2D eigenvalue weighted by Crippen LogP contribution is -2.61. The van der Waals surface area contributed by atoms with Gasteiger partial charge in [0, 0.05) is 29.8 Å². The number of phenolic OH excluding ortho intramolecular Hbond substituents is 3. The summed E-state index contributed by atoms with van der Waals surface area (Å²) in [6.07, 6.45) is -16.0. The molecule has 20 nitrogen and oxygen atoms in total. The number of ether oxygens (including phenoxy) is 6. The maximum absolute atomic E-state index is 13.1. The van der Waals surface area contributed by atoms with Gasteiger partial charge in [0.25, 0.3) is 0 Å². The van der Waals surface area contributed by atoms with Crippen molar-refractivity contribution >= 4 is 29.0 Å². The minimum absolute atomic E-state index is 0.0782. The van der Waals surface area contributed by atoms with E-state index in [-0.39, 0.29) is 45.3 Å². The summed E-state index contributed by atoms with van der Waals surface area (Å²) in [7, 11) is 1.34. The van der Waals surface area contributed by atoms with Crippen molar-refractivity contribution in [2.24, 2.45) is 0 Å². The van der Waals surface area contributed by atoms with E-state index < -0.39 is 96.9 Å². The number of benzene rings is 3. The second-order valence-electron chi connectivity index (χ2n) is 12.8. The molecular weight excluding hydrogens is 764 g/mol. The number of aliphatic hydroxyl groups excluding tert-OH is 6. The SMILES string of the molecule is COc1cc(C=CC(=O)OC2C(CO)OC(Oc3cc(-c4cc(=O)c5c(O)cc(OC6OC(C(=O)O)C(O)C(O)C6O)cc5o4)ccc3O)C(O)C2O)ccc1O. The molecule has 3 heterocycles. The monoisotopic (exact) mass is 800 g/mol. The third-order valence-electron chi connectivity index (χ3n) is 9.02. The highest BCUT2D eigenvalue weighted by Crippen LogP contribution is 2.37. The van der Waals surface area contributed by atoms with E-state index in [4.69, 9.17) is 32.8 Å². The number of phenols is 3. The van der Waals surface area contributed by atoms with Gasteiger partial charge in [-0.1, -0.05) is 6.07 Å². The van der Waals surface area contributed by atoms with Gasteiger partial charge in [-0.05, 0) is 42.0 Å². The molecule has 304 valence electrons. The number of methoxy groups -OCH3 is 1. The number of rotatable bonds is 11. The number of aromatic hydroxyl groups is 3. The molecular formula is C37H36O20. The molecule has 0 saturated carbocycles. The van der Waals surface area contributed by atoms with Gasteiger partial charge in [0.15, 0.2) is 40.6 Å². The maximum Gasteiger partial charge on any atom is 0.335 e. The van der Waals surface area contributed by atoms with Crippen LogP contribution in [0.15, 0.2) is 69.9 Å². The molecule has 10 atom stereocenters. The Morgan fingerprint density at radius 3 is 2.16 bits per heavy atom. The number of hydrogen-bond donors (Lipinski definition) is 10. The molecule has 10 N–H and O–H groups in total. The van der Waals surface area contributed by atoms with E-state index in [2.05, 4.69) is 0 Å². The average molecular weight is 801 g/mol. The first-order valence-electron chi connectivity index (χ1n) is 16.9. The molecule has 0 spiro atoms. The lowest BCUT2D eigenvalue weighted by Gasteiger charge is -2.41. The van der Waals surface area contributed by atoms with Gasteiger partial charge in [-0.3, -0.25) is 4.79 Å². The van der Waals surface area contributed by atoms with Crippen molar-refractivity contribution in [1.29, 1.82) is 0 Å². The first-order valence-corrected chi connectivity index (χ1v) is 16.9. The van der Waals surface area contributed by atoms with Crippen LogP contribution in [0, 0.1) is 0 Å². The van der Waals surface area contributed by atoms with Gasteiger partial charge in [0.1, 0.15) is 64.9 Å². The molecule has 0 amide bonds. The zero-order chi connectivity index (χ0) is 41.3. The summed E-state index contributed by atoms with van der Waals surface area (Å²) in [5, 5.41) is 102. The van der Waals surface area contributed by atoms with E-state index in [1.807, 2.05) is 0 Å². The number of carboxylic acids is 1. The van der Waals surface area contributed by atoms with Crippen molar-refractivity contribution in [2.45, 2.75) is 61.4 Å². The van der Waals surface area contributed by atoms with Gasteiger partial charge in [-0.25, -0.2) is 9.59 Å². The number of aliphatic hydroxyl groups is 6. The van der Waals surface area contributed by atoms with Crippen molar-refractivity contribution in [3.05, 3.63) is 76.5 Å². The van der Waals surface area contributed by atoms with Crippen molar-refractivity contribution < 1.29 is 93.5 Å². The van der Waals surface area contributed by atoms with E-state index in [1.165, 1.54) is 37.5 Å². The van der Waals surface area contributed by atoms with Crippen molar-refractivity contribution in [1.82, 2.24) is 0 Å². The Kier molecular flexibility index (Phi) is 11.9. The van der Waals surface area contributed by atoms with E-state index in [0.29, 0.717) is 5.56 Å². The number of aliphatic carboxylic acids is 1. The van der Waals surface area contributed by atoms with Crippen LogP contribution in [0.4, 0.5) is 0 Å². The van der Waals surface area contributed by atoms with Gasteiger partial charge in [0.2, 0.25) is 12.6 Å². The normalized spacial score (nSPS) is 27.6. The van der Waals surface area contributed by atoms with Crippen LogP contribution in [0.1, 0.15) is 5.56 Å². The molecule has 20 heteroatoms. The lowest BCUT2D eigenvalue weighted by molar-refractivity contribution is -0.280. The Balaban J connectivity index is 1.19. The van der Waals surface area contributed by atoms with Gasteiger partial charge < -0.3 is 83.9 Å². The standard InChI is InChI=1S/C37H36O20/c1-51-22-8-14(2-5-17(22)39)3-7-26(43)56-33-25(13-38)55-37(32(48)30(33)46)54-23-9-15(4-6-18(23)40)21-12-20(42)27-19(41)10-16(11-24(27)53-21)52-36-31(47)28(44)29(45)34(57-36)35(49)50/h2-12,25,28-34,36-41,44-48H,13H2,1H3,(H,49,50). The largest absolute Gasteiger partial charge is 0.507 e. The Bertz CT molecular complexity index is 2220. The summed E-state index contributed by atoms with van der Waals surface area (Å²) >= 11 is 0. The maximum atomic E-state index is 13.1. The molecule has 2 fully saturated rings. The van der Waals surface area contributed by atoms with E-state index >= 15 is 0 Å². The highest BCUT2D eigenvalue weighted by molar-refractivity contribution is 5.87. The molecule has 4 aromatic rings. The summed E-state index contributed by atoms with van der Waals surface area (Å²) in [4.78, 5) is 37.2. The van der Waals surface area contributed by atoms with Crippen LogP contribution in [0.5, 0.6) is 34.5 Å². The highest BCUT2D eigenvalue weighted by Gasteiger charge is 2.49. The molecule has 57 heavy (non-hydrogen) atoms. The first-order chi connectivity index (χ1) is 27.1. The van der Waals surface area contributed by atoms with Gasteiger partial charge >= 0.3 is 11.9 Å². The van der Waals surface area contributed by atoms with Crippen LogP contribution >= 0.6 is 0 Å². The van der Waals surface area contributed by atoms with Crippen LogP contribution in [-0.4, -0.2) is 138 Å². The third kappa shape index (κ3) is 8.43. The predicted octanol–water partition coefficient (Wildman–Crippen LogP) is -0.701. The zero-order valence-electron chi connectivity index (χ0n) is 29.4. The summed E-state index contributed by atoms with van der Waals surface area (Å²) < 4.78 is 38.0. The zero-order valence-corrected chi connectivity index (χ0v) is 29.4. The fourth-order valence-corrected chi connectivity index (χ4v) is 6.06. The molecule has 2 aliphatic rings. The van der Waals surface area contributed by atoms with E-state index in [1.54, 1.807) is 0 Å². The summed E-state index contributed by atoms with van der Waals surface area (Å²) in [6, 6.07) is 10.9. The fraction of sp³-hybridized carbons (Fsp3) is 0.324. The van der Waals surface area contributed by atoms with Gasteiger partial charge in [-0.15, -0.1) is 0 Å². The lowest BCUT2D eigenvalue weighted by atomic mass is 9.99. The van der Waals surface area contributed by atoms with Crippen molar-refractivity contribution in [2.75, 3.05) is 13.7 Å². The molecule has 6 rings (SSSR count). The minimum Gasteiger partial charge on any atom is -0.507 e. The topological polar surface area (TPSA) is 322 Å². The van der Waals surface area contributed by atoms with Crippen LogP contribution in [0.3, 0.4) is 0 Å². The Labute approximate surface area is 319 Å². The second-order valence-corrected chi connectivity index (χ2v) is 12.8. The highest BCUT2D eigenvalue weighted by atomic mass is 16.7. The van der Waals surface area contributed by atoms with Crippen LogP contribution in [0.25, 0.3) is 28.4 Å². The Hall–Kier alpha value is -5.97. The van der Waals surface area contributed by atoms with E-state index in [9.17, 15) is 65.4 Å². The van der Waals surface area contributed by atoms with Crippen LogP contribution in [-0.2, 0) is 23.8 Å². The number of carbonyl (C=O) groups excluding carboxylic acids is 1. The van der Waals surface area contributed by atoms with Crippen molar-refractivity contribution in [3.63, 3.8) is 0 Å². The molecule has 0 aliphatic carbocycles. The minimum atomic E-state index is -1.99. The molecule has 10 unspecified atom stereocenters. The predicted molar refractivity (Wildman–Crippen MR) is 188 cm³/mol. The Morgan fingerprint density at radius 2 is 1.46 bits per heavy atom. The van der Waals surface area contributed by atoms with Gasteiger partial charge in [-0.2, -0.15) is 0 Å². The number of esters is 1. The fourth-order valence-electron chi connectivity index (χ4n) is 6.06. The number of hydrogen-bond acceptors (Lipinski definition) is 19. The van der Waals surface area contributed by atoms with Gasteiger partial charge in [0.05, 0.1) is 13.7 Å². The molecule has 0 radical (unpaired) electrons. The van der Waals surface area contributed by atoms with Crippen LogP contribution < -0.4 is 19.6 Å². The Morgan fingerprint density at radius 1 is 0.772 bits per heavy atom. The summed E-state index contributed by atoms with van der Waals surface area (Å²) in [6.45, 7) is -0.818. The number of carboxylic acid groups (broad SMARTS) is 1. The molecule has 2 saturated heterocycles. The molecule has 1 aromatic heterocycles. The molecule has 3 aromatic carbocycles. The second kappa shape index (κ2) is 16.6. The molecule has 0 bridgehead atoms. The quantitative estimate of drug-likeness (QED) is 0.0662. The number of fused-ring (bicyclic) bond motifs is 1. The molecule has 2 aliphatic heterocycles. The smallest absolute Gasteiger partial charge is 0.335 e. The third-order valence-corrected chi connectivity index (χ3v) is 9.02. The average Bonchev–Trinajstić information content (AvgIpc) is 3.17. The van der Waals surface area contributed by atoms with Crippen LogP contribution in [0.2, 0.25) is 0 Å². The number of carbonyl (C=O) groups is 2. The van der Waals surface area contributed by atoms with Crippen molar-refractivity contribution in [3.8, 4) is 45.8 Å². The first kappa shape index (κ1) is 40.7. The summed E-state index contributed by atoms with van der Waals surface area (Å²) in [5.41, 5.74) is -0.526. The van der Waals surface area contributed by atoms with E-state index in [0.717, 1.165) is 36.4 Å². The summed E-state index contributed by atoms with van der Waals surface area (Å²) in [5.74, 6) is -4.65.